The molecule has 4 aliphatic rings. The fourth-order valence-electron chi connectivity index (χ4n) is 7.74. The summed E-state index contributed by atoms with van der Waals surface area (Å²) < 4.78 is 38.0. The molecule has 0 aromatic carbocycles. The van der Waals surface area contributed by atoms with Gasteiger partial charge in [-0.3, -0.25) is 0 Å². The van der Waals surface area contributed by atoms with Crippen molar-refractivity contribution >= 4 is 0 Å². The Labute approximate surface area is 181 Å². The third kappa shape index (κ3) is 4.58. The first kappa shape index (κ1) is 24.4. The minimum Gasteiger partial charge on any atom is -0.396 e. The van der Waals surface area contributed by atoms with Crippen LogP contribution in [0.2, 0.25) is 0 Å². The van der Waals surface area contributed by atoms with Gasteiger partial charge in [-0.15, -0.1) is 0 Å². The second kappa shape index (κ2) is 8.92. The van der Waals surface area contributed by atoms with Gasteiger partial charge in [-0.25, -0.2) is 0 Å². The summed E-state index contributed by atoms with van der Waals surface area (Å²) in [7, 11) is 0. The van der Waals surface area contributed by atoms with Gasteiger partial charge in [0.1, 0.15) is 0 Å². The van der Waals surface area contributed by atoms with Gasteiger partial charge in [0.05, 0.1) is 0 Å². The van der Waals surface area contributed by atoms with E-state index < -0.39 is 11.8 Å². The largest absolute Gasteiger partial charge is 0.416 e. The van der Waals surface area contributed by atoms with E-state index >= 15 is 0 Å². The maximum atomic E-state index is 12.7. The minimum atomic E-state index is -4.51. The Morgan fingerprint density at radius 3 is 1.63 bits per heavy atom. The van der Waals surface area contributed by atoms with E-state index in [0.29, 0.717) is 30.3 Å². The van der Waals surface area contributed by atoms with Crippen molar-refractivity contribution in [3.05, 3.63) is 0 Å². The molecule has 2 nitrogen and oxygen atoms in total. The zero-order chi connectivity index (χ0) is 22.4. The maximum Gasteiger partial charge on any atom is 0.416 e. The highest BCUT2D eigenvalue weighted by Crippen LogP contribution is 2.58. The van der Waals surface area contributed by atoms with Gasteiger partial charge in [-0.1, -0.05) is 27.7 Å². The first-order chi connectivity index (χ1) is 13.9. The molecule has 176 valence electrons. The maximum absolute atomic E-state index is 12.7. The molecule has 0 heterocycles. The van der Waals surface area contributed by atoms with Gasteiger partial charge in [0.2, 0.25) is 0 Å². The number of hydrogen-bond donors (Lipinski definition) is 2. The summed E-state index contributed by atoms with van der Waals surface area (Å²) in [6.45, 7) is 10.5. The molecule has 4 aliphatic carbocycles. The first-order valence-corrected chi connectivity index (χ1v) is 12.3. The average Bonchev–Trinajstić information content (AvgIpc) is 3.38. The van der Waals surface area contributed by atoms with Gasteiger partial charge in [0, 0.05) is 6.61 Å². The monoisotopic (exact) mass is 432 g/mol. The number of rotatable bonds is 5. The summed E-state index contributed by atoms with van der Waals surface area (Å²) in [6.07, 6.45) is 2.51. The summed E-state index contributed by atoms with van der Waals surface area (Å²) in [5, 5.41) is 18.4. The van der Waals surface area contributed by atoms with Crippen LogP contribution in [0.5, 0.6) is 0 Å². The number of fused-ring (bicyclic) bond motifs is 4. The molecule has 4 rings (SSSR count). The number of alkyl halides is 3. The molecule has 30 heavy (non-hydrogen) atoms. The van der Waals surface area contributed by atoms with Crippen LogP contribution in [0.25, 0.3) is 0 Å². The van der Waals surface area contributed by atoms with Crippen LogP contribution in [0, 0.1) is 59.2 Å². The molecule has 0 aromatic heterocycles. The molecule has 2 N–H and O–H groups in total. The third-order valence-electron chi connectivity index (χ3n) is 10.1. The second-order valence-electron chi connectivity index (χ2n) is 11.6. The highest BCUT2D eigenvalue weighted by Gasteiger charge is 2.55. The lowest BCUT2D eigenvalue weighted by atomic mass is 9.72. The van der Waals surface area contributed by atoms with Crippen LogP contribution in [-0.4, -0.2) is 28.6 Å². The van der Waals surface area contributed by atoms with Crippen molar-refractivity contribution in [2.75, 3.05) is 6.61 Å². The lowest BCUT2D eigenvalue weighted by molar-refractivity contribution is -0.260. The number of halogens is 3. The SMILES string of the molecule is CC1C2CC(CC(C)(O)C(F)(F)F)C(C2)C1C.CC1C2CC(CCCO)C(C2)C1C. The first-order valence-electron chi connectivity index (χ1n) is 12.3. The van der Waals surface area contributed by atoms with Gasteiger partial charge in [0.15, 0.2) is 5.60 Å². The molecule has 0 amide bonds. The Bertz CT molecular complexity index is 571. The van der Waals surface area contributed by atoms with Crippen molar-refractivity contribution in [1.82, 2.24) is 0 Å². The van der Waals surface area contributed by atoms with Gasteiger partial charge in [-0.2, -0.15) is 13.2 Å². The number of aliphatic hydroxyl groups is 2. The van der Waals surface area contributed by atoms with Crippen LogP contribution in [0.3, 0.4) is 0 Å². The quantitative estimate of drug-likeness (QED) is 0.535. The molecule has 0 radical (unpaired) electrons. The standard InChI is InChI=1S/C13H21F3O.C12H22O/c1-7-8(2)11-5-9(7)4-10(11)6-12(3,17)13(14,15)16;1-8-9(2)12-7-11(8)6-10(12)4-3-5-13/h7-11,17H,4-6H2,1-3H3;8-13H,3-7H2,1-2H3. The molecular formula is C25H43F3O2. The van der Waals surface area contributed by atoms with Crippen molar-refractivity contribution < 1.29 is 23.4 Å². The molecule has 0 spiro atoms. The number of hydrogen-bond acceptors (Lipinski definition) is 2. The van der Waals surface area contributed by atoms with Crippen LogP contribution in [0.1, 0.15) is 79.6 Å². The highest BCUT2D eigenvalue weighted by molar-refractivity contribution is 5.00. The minimum absolute atomic E-state index is 0.0443. The molecule has 5 heteroatoms. The average molecular weight is 433 g/mol. The van der Waals surface area contributed by atoms with E-state index in [2.05, 4.69) is 27.7 Å². The zero-order valence-electron chi connectivity index (χ0n) is 19.5. The summed E-state index contributed by atoms with van der Waals surface area (Å²) in [4.78, 5) is 0. The summed E-state index contributed by atoms with van der Waals surface area (Å²) in [5.41, 5.74) is -2.52. The van der Waals surface area contributed by atoms with Crippen LogP contribution in [0.4, 0.5) is 13.2 Å². The van der Waals surface area contributed by atoms with E-state index in [4.69, 9.17) is 5.11 Å². The smallest absolute Gasteiger partial charge is 0.396 e. The third-order valence-corrected chi connectivity index (χ3v) is 10.1. The van der Waals surface area contributed by atoms with Crippen LogP contribution >= 0.6 is 0 Å². The Kier molecular flexibility index (Phi) is 7.24. The molecule has 0 aliphatic heterocycles. The van der Waals surface area contributed by atoms with Crippen LogP contribution in [0.15, 0.2) is 0 Å². The van der Waals surface area contributed by atoms with E-state index in [1.165, 1.54) is 19.3 Å². The van der Waals surface area contributed by atoms with E-state index in [0.717, 1.165) is 55.8 Å². The molecule has 11 unspecified atom stereocenters. The van der Waals surface area contributed by atoms with Crippen LogP contribution < -0.4 is 0 Å². The Balaban J connectivity index is 0.000000177. The molecule has 0 aromatic rings. The van der Waals surface area contributed by atoms with Crippen molar-refractivity contribution in [3.63, 3.8) is 0 Å². The zero-order valence-corrected chi connectivity index (χ0v) is 19.5. The van der Waals surface area contributed by atoms with Crippen molar-refractivity contribution in [3.8, 4) is 0 Å². The van der Waals surface area contributed by atoms with Gasteiger partial charge < -0.3 is 10.2 Å². The lowest BCUT2D eigenvalue weighted by Crippen LogP contribution is -2.45. The molecule has 11 atom stereocenters. The highest BCUT2D eigenvalue weighted by atomic mass is 19.4. The molecule has 4 fully saturated rings. The van der Waals surface area contributed by atoms with Crippen molar-refractivity contribution in [1.29, 1.82) is 0 Å². The van der Waals surface area contributed by atoms with E-state index in [9.17, 15) is 18.3 Å². The van der Waals surface area contributed by atoms with Gasteiger partial charge in [0.25, 0.3) is 0 Å². The normalized spacial score (nSPS) is 46.6. The van der Waals surface area contributed by atoms with Crippen molar-refractivity contribution in [2.24, 2.45) is 59.2 Å². The summed E-state index contributed by atoms with van der Waals surface area (Å²) in [6, 6.07) is 0. The Morgan fingerprint density at radius 1 is 0.767 bits per heavy atom. The predicted molar refractivity (Wildman–Crippen MR) is 114 cm³/mol. The van der Waals surface area contributed by atoms with E-state index in [1.807, 2.05) is 0 Å². The molecular weight excluding hydrogens is 389 g/mol. The van der Waals surface area contributed by atoms with Crippen molar-refractivity contribution in [2.45, 2.75) is 91.3 Å². The fourth-order valence-corrected chi connectivity index (χ4v) is 7.74. The Morgan fingerprint density at radius 2 is 1.23 bits per heavy atom. The van der Waals surface area contributed by atoms with Gasteiger partial charge in [-0.05, 0) is 111 Å². The topological polar surface area (TPSA) is 40.5 Å². The van der Waals surface area contributed by atoms with Crippen LogP contribution in [-0.2, 0) is 0 Å². The predicted octanol–water partition coefficient (Wildman–Crippen LogP) is 6.31. The Hall–Kier alpha value is -0.290. The summed E-state index contributed by atoms with van der Waals surface area (Å²) >= 11 is 0. The lowest BCUT2D eigenvalue weighted by Gasteiger charge is -2.36. The van der Waals surface area contributed by atoms with E-state index in [-0.39, 0.29) is 12.3 Å². The van der Waals surface area contributed by atoms with E-state index in [1.54, 1.807) is 0 Å². The second-order valence-corrected chi connectivity index (χ2v) is 11.6. The molecule has 0 saturated heterocycles. The molecule has 4 saturated carbocycles. The van der Waals surface area contributed by atoms with Gasteiger partial charge >= 0.3 is 6.18 Å². The number of aliphatic hydroxyl groups excluding tert-OH is 1. The fraction of sp³-hybridized carbons (Fsp3) is 1.00. The summed E-state index contributed by atoms with van der Waals surface area (Å²) in [5.74, 6) is 7.00. The molecule has 4 bridgehead atoms.